The minimum absolute atomic E-state index is 0.0711. The van der Waals surface area contributed by atoms with Crippen LogP contribution in [0.2, 0.25) is 0 Å². The number of rotatable bonds is 3. The van der Waals surface area contributed by atoms with E-state index in [-0.39, 0.29) is 28.3 Å². The first-order valence-electron chi connectivity index (χ1n) is 6.35. The van der Waals surface area contributed by atoms with E-state index in [4.69, 9.17) is 5.26 Å². The molecule has 1 N–H and O–H groups in total. The third-order valence-corrected chi connectivity index (χ3v) is 2.99. The van der Waals surface area contributed by atoms with Gasteiger partial charge in [0.25, 0.3) is 5.69 Å². The van der Waals surface area contributed by atoms with Crippen molar-refractivity contribution in [1.82, 2.24) is 4.98 Å². The average molecular weight is 335 g/mol. The molecule has 0 aliphatic heterocycles. The Balaban J connectivity index is 2.50. The van der Waals surface area contributed by atoms with Crippen LogP contribution < -0.4 is 0 Å². The molecule has 0 aliphatic rings. The predicted octanol–water partition coefficient (Wildman–Crippen LogP) is 3.78. The monoisotopic (exact) mass is 335 g/mol. The lowest BCUT2D eigenvalue weighted by Gasteiger charge is -2.06. The molecule has 0 fully saturated rings. The molecule has 6 nitrogen and oxygen atoms in total. The highest BCUT2D eigenvalue weighted by Crippen LogP contribution is 2.30. The number of alkyl halides is 3. The first-order chi connectivity index (χ1) is 11.2. The number of pyridine rings is 1. The number of aromatic hydroxyl groups is 1. The number of nitro groups is 1. The van der Waals surface area contributed by atoms with Gasteiger partial charge in [0, 0.05) is 12.3 Å². The lowest BCUT2D eigenvalue weighted by atomic mass is 10.1. The fourth-order valence-electron chi connectivity index (χ4n) is 1.86. The van der Waals surface area contributed by atoms with E-state index in [0.29, 0.717) is 6.20 Å². The van der Waals surface area contributed by atoms with Gasteiger partial charge in [0.05, 0.1) is 27.3 Å². The van der Waals surface area contributed by atoms with E-state index in [0.717, 1.165) is 36.4 Å². The highest BCUT2D eigenvalue weighted by Gasteiger charge is 2.30. The summed E-state index contributed by atoms with van der Waals surface area (Å²) in [5.74, 6) is -0.260. The summed E-state index contributed by atoms with van der Waals surface area (Å²) in [7, 11) is 0. The molecule has 0 radical (unpaired) electrons. The molecule has 0 spiro atoms. The Morgan fingerprint density at radius 1 is 1.33 bits per heavy atom. The molecule has 0 atom stereocenters. The standard InChI is InChI=1S/C15H8F3N3O3/c16-15(17,18)11-1-3-13(20-8-11)10(7-19)5-9-6-12(22)2-4-14(9)21(23)24/h1-6,8,22H/b10-5+. The van der Waals surface area contributed by atoms with Crippen molar-refractivity contribution in [3.8, 4) is 11.8 Å². The van der Waals surface area contributed by atoms with Gasteiger partial charge in [-0.3, -0.25) is 15.1 Å². The maximum absolute atomic E-state index is 12.5. The highest BCUT2D eigenvalue weighted by molar-refractivity contribution is 5.90. The lowest BCUT2D eigenvalue weighted by Crippen LogP contribution is -2.05. The zero-order valence-electron chi connectivity index (χ0n) is 11.8. The SMILES string of the molecule is N#C/C(=C\c1cc(O)ccc1[N+](=O)[O-])c1ccc(C(F)(F)F)cn1. The van der Waals surface area contributed by atoms with Crippen molar-refractivity contribution in [2.75, 3.05) is 0 Å². The second kappa shape index (κ2) is 6.37. The van der Waals surface area contributed by atoms with Gasteiger partial charge in [-0.05, 0) is 30.3 Å². The number of nitriles is 1. The Hall–Kier alpha value is -3.41. The molecule has 1 aromatic carbocycles. The number of hydrogen-bond donors (Lipinski definition) is 1. The van der Waals surface area contributed by atoms with Gasteiger partial charge in [-0.25, -0.2) is 0 Å². The molecule has 0 saturated carbocycles. The smallest absolute Gasteiger partial charge is 0.417 e. The Morgan fingerprint density at radius 2 is 2.04 bits per heavy atom. The van der Waals surface area contributed by atoms with Crippen molar-refractivity contribution >= 4 is 17.3 Å². The molecular formula is C15H8F3N3O3. The fraction of sp³-hybridized carbons (Fsp3) is 0.0667. The van der Waals surface area contributed by atoms with Crippen LogP contribution in [0.15, 0.2) is 36.5 Å². The third kappa shape index (κ3) is 3.67. The van der Waals surface area contributed by atoms with E-state index in [2.05, 4.69) is 4.98 Å². The second-order valence-electron chi connectivity index (χ2n) is 4.60. The van der Waals surface area contributed by atoms with E-state index in [1.807, 2.05) is 0 Å². The molecule has 2 aromatic rings. The number of hydrogen-bond acceptors (Lipinski definition) is 5. The van der Waals surface area contributed by atoms with E-state index in [9.17, 15) is 28.4 Å². The largest absolute Gasteiger partial charge is 0.508 e. The van der Waals surface area contributed by atoms with Gasteiger partial charge < -0.3 is 5.11 Å². The van der Waals surface area contributed by atoms with Crippen molar-refractivity contribution in [1.29, 1.82) is 5.26 Å². The summed E-state index contributed by atoms with van der Waals surface area (Å²) in [5.41, 5.74) is -1.68. The number of phenols is 1. The van der Waals surface area contributed by atoms with E-state index in [1.165, 1.54) is 0 Å². The second-order valence-corrected chi connectivity index (χ2v) is 4.60. The van der Waals surface area contributed by atoms with Crippen LogP contribution in [0, 0.1) is 21.4 Å². The number of phenolic OH excluding ortho intramolecular Hbond substituents is 1. The molecule has 0 amide bonds. The van der Waals surface area contributed by atoms with E-state index >= 15 is 0 Å². The Bertz CT molecular complexity index is 853. The number of nitro benzene ring substituents is 1. The van der Waals surface area contributed by atoms with Gasteiger partial charge >= 0.3 is 6.18 Å². The van der Waals surface area contributed by atoms with Gasteiger partial charge in [0.2, 0.25) is 0 Å². The summed E-state index contributed by atoms with van der Waals surface area (Å²) in [5, 5.41) is 29.5. The van der Waals surface area contributed by atoms with Crippen molar-refractivity contribution < 1.29 is 23.2 Å². The maximum Gasteiger partial charge on any atom is 0.417 e. The highest BCUT2D eigenvalue weighted by atomic mass is 19.4. The van der Waals surface area contributed by atoms with Crippen molar-refractivity contribution in [2.45, 2.75) is 6.18 Å². The molecule has 0 bridgehead atoms. The minimum atomic E-state index is -4.56. The van der Waals surface area contributed by atoms with Crippen LogP contribution in [-0.2, 0) is 6.18 Å². The van der Waals surface area contributed by atoms with Crippen LogP contribution in [-0.4, -0.2) is 15.0 Å². The zero-order chi connectivity index (χ0) is 17.9. The summed E-state index contributed by atoms with van der Waals surface area (Å²) in [6.45, 7) is 0. The van der Waals surface area contributed by atoms with E-state index < -0.39 is 16.7 Å². The molecule has 0 saturated heterocycles. The Labute approximate surface area is 133 Å². The average Bonchev–Trinajstić information content (AvgIpc) is 2.51. The van der Waals surface area contributed by atoms with Crippen LogP contribution >= 0.6 is 0 Å². The van der Waals surface area contributed by atoms with Crippen LogP contribution in [0.3, 0.4) is 0 Å². The summed E-state index contributed by atoms with van der Waals surface area (Å²) >= 11 is 0. The summed E-state index contributed by atoms with van der Waals surface area (Å²) in [6.07, 6.45) is -2.92. The van der Waals surface area contributed by atoms with Crippen molar-refractivity contribution in [3.63, 3.8) is 0 Å². The van der Waals surface area contributed by atoms with Gasteiger partial charge in [-0.15, -0.1) is 0 Å². The third-order valence-electron chi connectivity index (χ3n) is 2.99. The molecule has 0 aliphatic carbocycles. The number of halogens is 3. The minimum Gasteiger partial charge on any atom is -0.508 e. The number of benzene rings is 1. The first kappa shape index (κ1) is 17.0. The lowest BCUT2D eigenvalue weighted by molar-refractivity contribution is -0.385. The molecule has 0 unspecified atom stereocenters. The molecule has 9 heteroatoms. The summed E-state index contributed by atoms with van der Waals surface area (Å²) in [4.78, 5) is 13.8. The number of nitrogens with zero attached hydrogens (tertiary/aromatic N) is 3. The van der Waals surface area contributed by atoms with Crippen LogP contribution in [0.25, 0.3) is 11.6 Å². The first-order valence-corrected chi connectivity index (χ1v) is 6.35. The van der Waals surface area contributed by atoms with Crippen molar-refractivity contribution in [3.05, 3.63) is 63.5 Å². The van der Waals surface area contributed by atoms with Gasteiger partial charge in [-0.2, -0.15) is 18.4 Å². The molecule has 2 rings (SSSR count). The topological polar surface area (TPSA) is 100 Å². The predicted molar refractivity (Wildman–Crippen MR) is 77.5 cm³/mol. The van der Waals surface area contributed by atoms with Gasteiger partial charge in [0.1, 0.15) is 11.8 Å². The normalized spacial score (nSPS) is 11.8. The van der Waals surface area contributed by atoms with Crippen LogP contribution in [0.4, 0.5) is 18.9 Å². The molecule has 24 heavy (non-hydrogen) atoms. The van der Waals surface area contributed by atoms with Crippen molar-refractivity contribution in [2.24, 2.45) is 0 Å². The van der Waals surface area contributed by atoms with Crippen LogP contribution in [0.5, 0.6) is 5.75 Å². The molecule has 1 heterocycles. The Kier molecular flexibility index (Phi) is 4.50. The summed E-state index contributed by atoms with van der Waals surface area (Å²) in [6, 6.07) is 6.70. The molecular weight excluding hydrogens is 327 g/mol. The number of aromatic nitrogens is 1. The van der Waals surface area contributed by atoms with E-state index in [1.54, 1.807) is 6.07 Å². The summed E-state index contributed by atoms with van der Waals surface area (Å²) < 4.78 is 37.5. The Morgan fingerprint density at radius 3 is 2.54 bits per heavy atom. The quantitative estimate of drug-likeness (QED) is 0.523. The van der Waals surface area contributed by atoms with Gasteiger partial charge in [-0.1, -0.05) is 0 Å². The zero-order valence-corrected chi connectivity index (χ0v) is 11.8. The fourth-order valence-corrected chi connectivity index (χ4v) is 1.86. The van der Waals surface area contributed by atoms with Crippen LogP contribution in [0.1, 0.15) is 16.8 Å². The molecule has 1 aromatic heterocycles. The molecule has 122 valence electrons. The number of allylic oxidation sites excluding steroid dienone is 1. The van der Waals surface area contributed by atoms with Gasteiger partial charge in [0.15, 0.2) is 0 Å². The maximum atomic E-state index is 12.5.